The van der Waals surface area contributed by atoms with E-state index in [0.717, 1.165) is 13.8 Å². The number of carbonyl (C=O) groups is 4. The van der Waals surface area contributed by atoms with E-state index in [0.29, 0.717) is 0 Å². The SMILES string of the molecule is COC(=O)C[C@H]1O[C@@H](Br)[C@H](OC(C)=O)[C@@H](OC(C)=O)[C@@H]1OC(C)=O. The Morgan fingerprint density at radius 2 is 1.33 bits per heavy atom. The van der Waals surface area contributed by atoms with Crippen molar-refractivity contribution >= 4 is 39.8 Å². The minimum absolute atomic E-state index is 0.249. The van der Waals surface area contributed by atoms with Crippen molar-refractivity contribution < 1.29 is 42.9 Å². The third-order valence-corrected chi connectivity index (χ3v) is 3.82. The minimum atomic E-state index is -1.15. The fourth-order valence-corrected chi connectivity index (χ4v) is 2.94. The summed E-state index contributed by atoms with van der Waals surface area (Å²) < 4.78 is 25.6. The molecule has 1 rings (SSSR count). The molecule has 0 saturated carbocycles. The molecule has 1 heterocycles. The van der Waals surface area contributed by atoms with Gasteiger partial charge in [0.05, 0.1) is 13.5 Å². The zero-order valence-electron chi connectivity index (χ0n) is 13.6. The van der Waals surface area contributed by atoms with E-state index in [1.165, 1.54) is 14.0 Å². The quantitative estimate of drug-likeness (QED) is 0.362. The second-order valence-electron chi connectivity index (χ2n) is 5.03. The lowest BCUT2D eigenvalue weighted by Crippen LogP contribution is -2.60. The van der Waals surface area contributed by atoms with Crippen molar-refractivity contribution in [2.24, 2.45) is 0 Å². The molecule has 9 nitrogen and oxygen atoms in total. The van der Waals surface area contributed by atoms with Gasteiger partial charge in [0, 0.05) is 20.8 Å². The molecule has 0 N–H and O–H groups in total. The summed E-state index contributed by atoms with van der Waals surface area (Å²) in [6.45, 7) is 3.48. The molecular weight excluding hydrogens is 392 g/mol. The first-order chi connectivity index (χ1) is 11.1. The van der Waals surface area contributed by atoms with Crippen LogP contribution in [0.25, 0.3) is 0 Å². The molecule has 0 aromatic carbocycles. The summed E-state index contributed by atoms with van der Waals surface area (Å²) in [7, 11) is 1.20. The molecule has 0 spiro atoms. The Labute approximate surface area is 147 Å². The van der Waals surface area contributed by atoms with Gasteiger partial charge in [-0.05, 0) is 0 Å². The Morgan fingerprint density at radius 3 is 1.79 bits per heavy atom. The summed E-state index contributed by atoms with van der Waals surface area (Å²) >= 11 is 3.18. The van der Waals surface area contributed by atoms with E-state index in [2.05, 4.69) is 20.7 Å². The van der Waals surface area contributed by atoms with Crippen molar-refractivity contribution in [3.05, 3.63) is 0 Å². The Balaban J connectivity index is 3.15. The van der Waals surface area contributed by atoms with Crippen LogP contribution in [0.2, 0.25) is 0 Å². The van der Waals surface area contributed by atoms with Crippen molar-refractivity contribution in [1.29, 1.82) is 0 Å². The average molecular weight is 411 g/mol. The van der Waals surface area contributed by atoms with Gasteiger partial charge in [0.25, 0.3) is 0 Å². The first-order valence-electron chi connectivity index (χ1n) is 7.03. The summed E-state index contributed by atoms with van der Waals surface area (Å²) in [6.07, 6.45) is -4.57. The average Bonchev–Trinajstić information content (AvgIpc) is 2.45. The minimum Gasteiger partial charge on any atom is -0.469 e. The molecule has 24 heavy (non-hydrogen) atoms. The lowest BCUT2D eigenvalue weighted by atomic mass is 9.97. The summed E-state index contributed by atoms with van der Waals surface area (Å²) in [5, 5.41) is -0.882. The molecule has 0 unspecified atom stereocenters. The van der Waals surface area contributed by atoms with Gasteiger partial charge < -0.3 is 23.7 Å². The lowest BCUT2D eigenvalue weighted by Gasteiger charge is -2.42. The fraction of sp³-hybridized carbons (Fsp3) is 0.714. The molecule has 0 aromatic rings. The number of esters is 4. The summed E-state index contributed by atoms with van der Waals surface area (Å²) in [5.41, 5.74) is 0. The topological polar surface area (TPSA) is 114 Å². The van der Waals surface area contributed by atoms with E-state index in [1.807, 2.05) is 0 Å². The van der Waals surface area contributed by atoms with Crippen LogP contribution in [0.1, 0.15) is 27.2 Å². The zero-order chi connectivity index (χ0) is 18.4. The maximum Gasteiger partial charge on any atom is 0.308 e. The molecule has 1 fully saturated rings. The van der Waals surface area contributed by atoms with Gasteiger partial charge in [0.15, 0.2) is 23.3 Å². The predicted molar refractivity (Wildman–Crippen MR) is 80.9 cm³/mol. The van der Waals surface area contributed by atoms with Gasteiger partial charge in [0.1, 0.15) is 6.10 Å². The van der Waals surface area contributed by atoms with Gasteiger partial charge in [-0.25, -0.2) is 0 Å². The number of halogens is 1. The lowest BCUT2D eigenvalue weighted by molar-refractivity contribution is -0.232. The van der Waals surface area contributed by atoms with Crippen molar-refractivity contribution in [1.82, 2.24) is 0 Å². The van der Waals surface area contributed by atoms with Gasteiger partial charge >= 0.3 is 23.9 Å². The number of hydrogen-bond donors (Lipinski definition) is 0. The molecule has 1 aliphatic heterocycles. The van der Waals surface area contributed by atoms with Crippen molar-refractivity contribution in [3.8, 4) is 0 Å². The standard InChI is InChI=1S/C14H19BrO9/c1-6(16)21-11-9(5-10(19)20-4)24-14(15)13(23-8(3)18)12(11)22-7(2)17/h9,11-14H,5H2,1-4H3/t9-,11-,12+,13-,14-/m1/s1. The van der Waals surface area contributed by atoms with Crippen LogP contribution in [0.3, 0.4) is 0 Å². The second kappa shape index (κ2) is 8.97. The molecule has 10 heteroatoms. The van der Waals surface area contributed by atoms with E-state index in [4.69, 9.17) is 18.9 Å². The summed E-state index contributed by atoms with van der Waals surface area (Å²) in [5.74, 6) is -2.60. The molecule has 0 radical (unpaired) electrons. The summed E-state index contributed by atoms with van der Waals surface area (Å²) in [6, 6.07) is 0. The van der Waals surface area contributed by atoms with Crippen LogP contribution in [-0.2, 0) is 42.9 Å². The molecular formula is C14H19BrO9. The van der Waals surface area contributed by atoms with E-state index < -0.39 is 53.3 Å². The van der Waals surface area contributed by atoms with E-state index in [9.17, 15) is 19.2 Å². The van der Waals surface area contributed by atoms with E-state index >= 15 is 0 Å². The molecule has 0 amide bonds. The molecule has 0 aliphatic carbocycles. The molecule has 1 aliphatic rings. The van der Waals surface area contributed by atoms with E-state index in [-0.39, 0.29) is 6.42 Å². The normalized spacial score (nSPS) is 29.3. The van der Waals surface area contributed by atoms with Crippen LogP contribution in [0.4, 0.5) is 0 Å². The van der Waals surface area contributed by atoms with Gasteiger partial charge in [0.2, 0.25) is 0 Å². The highest BCUT2D eigenvalue weighted by Crippen LogP contribution is 2.32. The highest BCUT2D eigenvalue weighted by atomic mass is 79.9. The maximum atomic E-state index is 11.6. The molecule has 1 saturated heterocycles. The largest absolute Gasteiger partial charge is 0.469 e. The number of hydrogen-bond acceptors (Lipinski definition) is 9. The third kappa shape index (κ3) is 5.75. The van der Waals surface area contributed by atoms with Crippen LogP contribution in [0, 0.1) is 0 Å². The van der Waals surface area contributed by atoms with Gasteiger partial charge in [-0.15, -0.1) is 0 Å². The molecule has 0 bridgehead atoms. The van der Waals surface area contributed by atoms with Crippen molar-refractivity contribution in [3.63, 3.8) is 0 Å². The Kier molecular flexibility index (Phi) is 7.61. The Morgan fingerprint density at radius 1 is 0.875 bits per heavy atom. The highest BCUT2D eigenvalue weighted by molar-refractivity contribution is 9.09. The summed E-state index contributed by atoms with van der Waals surface area (Å²) in [4.78, 5) is 45.7. The Bertz CT molecular complexity index is 506. The smallest absolute Gasteiger partial charge is 0.308 e. The van der Waals surface area contributed by atoms with Gasteiger partial charge in [-0.1, -0.05) is 15.9 Å². The van der Waals surface area contributed by atoms with Crippen LogP contribution in [-0.4, -0.2) is 60.4 Å². The monoisotopic (exact) mass is 410 g/mol. The van der Waals surface area contributed by atoms with Crippen molar-refractivity contribution in [2.45, 2.75) is 56.6 Å². The first-order valence-corrected chi connectivity index (χ1v) is 7.95. The molecule has 0 aromatic heterocycles. The highest BCUT2D eigenvalue weighted by Gasteiger charge is 2.51. The van der Waals surface area contributed by atoms with Crippen LogP contribution in [0.5, 0.6) is 0 Å². The van der Waals surface area contributed by atoms with Gasteiger partial charge in [-0.2, -0.15) is 0 Å². The van der Waals surface area contributed by atoms with Crippen molar-refractivity contribution in [2.75, 3.05) is 7.11 Å². The third-order valence-electron chi connectivity index (χ3n) is 3.08. The maximum absolute atomic E-state index is 11.6. The number of methoxy groups -OCH3 is 1. The predicted octanol–water partition coefficient (Wildman–Crippen LogP) is 0.464. The molecule has 5 atom stereocenters. The first kappa shape index (κ1) is 20.4. The van der Waals surface area contributed by atoms with Crippen LogP contribution >= 0.6 is 15.9 Å². The number of carbonyl (C=O) groups excluding carboxylic acids is 4. The van der Waals surface area contributed by atoms with E-state index in [1.54, 1.807) is 0 Å². The fourth-order valence-electron chi connectivity index (χ4n) is 2.25. The molecule has 136 valence electrons. The van der Waals surface area contributed by atoms with Crippen LogP contribution in [0.15, 0.2) is 0 Å². The Hall–Kier alpha value is -1.68. The number of ether oxygens (including phenoxy) is 5. The number of rotatable bonds is 5. The van der Waals surface area contributed by atoms with Crippen LogP contribution < -0.4 is 0 Å². The van der Waals surface area contributed by atoms with Gasteiger partial charge in [-0.3, -0.25) is 19.2 Å². The zero-order valence-corrected chi connectivity index (χ0v) is 15.2. The second-order valence-corrected chi connectivity index (χ2v) is 5.93. The number of alkyl halides is 1.